The SMILES string of the molecule is C[C@H](Cc1ccc2c(ccn2C)c1)N[C@H](C)c1ccccc1. The van der Waals surface area contributed by atoms with Crippen LogP contribution in [-0.2, 0) is 13.5 Å². The van der Waals surface area contributed by atoms with Gasteiger partial charge in [0, 0.05) is 30.8 Å². The molecule has 0 saturated heterocycles. The van der Waals surface area contributed by atoms with Crippen molar-refractivity contribution in [2.45, 2.75) is 32.4 Å². The van der Waals surface area contributed by atoms with Gasteiger partial charge in [0.2, 0.25) is 0 Å². The Balaban J connectivity index is 1.66. The van der Waals surface area contributed by atoms with E-state index >= 15 is 0 Å². The van der Waals surface area contributed by atoms with Crippen molar-refractivity contribution in [3.63, 3.8) is 0 Å². The van der Waals surface area contributed by atoms with E-state index in [1.54, 1.807) is 0 Å². The summed E-state index contributed by atoms with van der Waals surface area (Å²) in [5.41, 5.74) is 4.02. The van der Waals surface area contributed by atoms with Crippen LogP contribution in [0.25, 0.3) is 10.9 Å². The van der Waals surface area contributed by atoms with Gasteiger partial charge in [-0.05, 0) is 55.0 Å². The minimum atomic E-state index is 0.372. The Morgan fingerprint density at radius 2 is 1.77 bits per heavy atom. The van der Waals surface area contributed by atoms with Crippen molar-refractivity contribution in [2.75, 3.05) is 0 Å². The quantitative estimate of drug-likeness (QED) is 0.734. The van der Waals surface area contributed by atoms with Gasteiger partial charge in [-0.3, -0.25) is 0 Å². The lowest BCUT2D eigenvalue weighted by Gasteiger charge is -2.20. The predicted octanol–water partition coefficient (Wildman–Crippen LogP) is 4.46. The molecule has 0 bridgehead atoms. The standard InChI is InChI=1S/C20H24N2/c1-15(21-16(2)18-7-5-4-6-8-18)13-17-9-10-20-19(14-17)11-12-22(20)3/h4-12,14-16,21H,13H2,1-3H3/t15-,16-/m1/s1. The molecule has 0 radical (unpaired) electrons. The first kappa shape index (κ1) is 14.9. The van der Waals surface area contributed by atoms with Crippen molar-refractivity contribution < 1.29 is 0 Å². The zero-order valence-electron chi connectivity index (χ0n) is 13.6. The lowest BCUT2D eigenvalue weighted by molar-refractivity contribution is 0.477. The molecule has 1 N–H and O–H groups in total. The van der Waals surface area contributed by atoms with Gasteiger partial charge in [-0.1, -0.05) is 36.4 Å². The number of fused-ring (bicyclic) bond motifs is 1. The molecule has 0 spiro atoms. The van der Waals surface area contributed by atoms with E-state index in [1.807, 2.05) is 0 Å². The second kappa shape index (κ2) is 6.37. The van der Waals surface area contributed by atoms with Gasteiger partial charge in [0.1, 0.15) is 0 Å². The number of aryl methyl sites for hydroxylation is 1. The fraction of sp³-hybridized carbons (Fsp3) is 0.300. The average Bonchev–Trinajstić information content (AvgIpc) is 2.89. The van der Waals surface area contributed by atoms with Crippen molar-refractivity contribution in [2.24, 2.45) is 7.05 Å². The molecule has 1 aromatic heterocycles. The molecule has 0 saturated carbocycles. The Morgan fingerprint density at radius 3 is 2.55 bits per heavy atom. The van der Waals surface area contributed by atoms with Gasteiger partial charge < -0.3 is 9.88 Å². The minimum absolute atomic E-state index is 0.372. The molecule has 0 fully saturated rings. The summed E-state index contributed by atoms with van der Waals surface area (Å²) in [5.74, 6) is 0. The van der Waals surface area contributed by atoms with Crippen LogP contribution < -0.4 is 5.32 Å². The van der Waals surface area contributed by atoms with Crippen LogP contribution in [-0.4, -0.2) is 10.6 Å². The zero-order chi connectivity index (χ0) is 15.5. The van der Waals surface area contributed by atoms with Gasteiger partial charge >= 0.3 is 0 Å². The summed E-state index contributed by atoms with van der Waals surface area (Å²) < 4.78 is 2.16. The Kier molecular flexibility index (Phi) is 4.30. The molecule has 0 aliphatic rings. The van der Waals surface area contributed by atoms with Crippen molar-refractivity contribution >= 4 is 10.9 Å². The van der Waals surface area contributed by atoms with Crippen molar-refractivity contribution in [3.8, 4) is 0 Å². The van der Waals surface area contributed by atoms with Crippen molar-refractivity contribution in [3.05, 3.63) is 71.9 Å². The molecule has 3 aromatic rings. The molecular weight excluding hydrogens is 268 g/mol. The number of aromatic nitrogens is 1. The Hall–Kier alpha value is -2.06. The molecule has 0 aliphatic heterocycles. The highest BCUT2D eigenvalue weighted by Gasteiger charge is 2.10. The van der Waals surface area contributed by atoms with Crippen molar-refractivity contribution in [1.82, 2.24) is 9.88 Å². The number of hydrogen-bond acceptors (Lipinski definition) is 1. The smallest absolute Gasteiger partial charge is 0.0477 e. The minimum Gasteiger partial charge on any atom is -0.351 e. The molecule has 0 amide bonds. The molecule has 0 unspecified atom stereocenters. The average molecular weight is 292 g/mol. The number of hydrogen-bond donors (Lipinski definition) is 1. The van der Waals surface area contributed by atoms with Crippen LogP contribution in [0.15, 0.2) is 60.8 Å². The normalized spacial score (nSPS) is 14.1. The predicted molar refractivity (Wildman–Crippen MR) is 94.1 cm³/mol. The first-order chi connectivity index (χ1) is 10.6. The zero-order valence-corrected chi connectivity index (χ0v) is 13.6. The Morgan fingerprint density at radius 1 is 1.00 bits per heavy atom. The largest absolute Gasteiger partial charge is 0.351 e. The molecule has 22 heavy (non-hydrogen) atoms. The summed E-state index contributed by atoms with van der Waals surface area (Å²) in [5, 5.41) is 5.02. The number of benzene rings is 2. The van der Waals surface area contributed by atoms with E-state index in [-0.39, 0.29) is 0 Å². The Labute approximate surface area is 132 Å². The summed E-state index contributed by atoms with van der Waals surface area (Å²) >= 11 is 0. The van der Waals surface area contributed by atoms with Gasteiger partial charge in [0.05, 0.1) is 0 Å². The van der Waals surface area contributed by atoms with Crippen LogP contribution in [0.5, 0.6) is 0 Å². The summed E-state index contributed by atoms with van der Waals surface area (Å²) in [7, 11) is 2.09. The molecule has 1 heterocycles. The number of nitrogens with zero attached hydrogens (tertiary/aromatic N) is 1. The lowest BCUT2D eigenvalue weighted by Crippen LogP contribution is -2.30. The monoisotopic (exact) mass is 292 g/mol. The molecule has 0 aliphatic carbocycles. The maximum absolute atomic E-state index is 3.69. The summed E-state index contributed by atoms with van der Waals surface area (Å²) in [4.78, 5) is 0. The third-order valence-corrected chi connectivity index (χ3v) is 4.33. The highest BCUT2D eigenvalue weighted by Crippen LogP contribution is 2.18. The summed E-state index contributed by atoms with van der Waals surface area (Å²) in [6, 6.07) is 20.4. The van der Waals surface area contributed by atoms with E-state index in [0.717, 1.165) is 6.42 Å². The van der Waals surface area contributed by atoms with E-state index in [0.29, 0.717) is 12.1 Å². The van der Waals surface area contributed by atoms with Crippen LogP contribution in [0, 0.1) is 0 Å². The highest BCUT2D eigenvalue weighted by atomic mass is 14.9. The van der Waals surface area contributed by atoms with Crippen LogP contribution in [0.3, 0.4) is 0 Å². The maximum Gasteiger partial charge on any atom is 0.0477 e. The van der Waals surface area contributed by atoms with Gasteiger partial charge in [-0.25, -0.2) is 0 Å². The maximum atomic E-state index is 3.69. The van der Waals surface area contributed by atoms with E-state index < -0.39 is 0 Å². The Bertz CT molecular complexity index is 743. The lowest BCUT2D eigenvalue weighted by atomic mass is 10.0. The molecule has 2 aromatic carbocycles. The summed E-state index contributed by atoms with van der Waals surface area (Å²) in [6.45, 7) is 4.49. The van der Waals surface area contributed by atoms with E-state index in [9.17, 15) is 0 Å². The first-order valence-electron chi connectivity index (χ1n) is 7.98. The molecule has 114 valence electrons. The van der Waals surface area contributed by atoms with E-state index in [4.69, 9.17) is 0 Å². The third-order valence-electron chi connectivity index (χ3n) is 4.33. The van der Waals surface area contributed by atoms with Crippen LogP contribution >= 0.6 is 0 Å². The summed E-state index contributed by atoms with van der Waals surface area (Å²) in [6.07, 6.45) is 3.16. The fourth-order valence-corrected chi connectivity index (χ4v) is 3.14. The van der Waals surface area contributed by atoms with Gasteiger partial charge in [0.25, 0.3) is 0 Å². The van der Waals surface area contributed by atoms with Crippen molar-refractivity contribution in [1.29, 1.82) is 0 Å². The van der Waals surface area contributed by atoms with E-state index in [1.165, 1.54) is 22.0 Å². The van der Waals surface area contributed by atoms with Gasteiger partial charge in [-0.15, -0.1) is 0 Å². The third kappa shape index (κ3) is 3.23. The van der Waals surface area contributed by atoms with Crippen LogP contribution in [0.2, 0.25) is 0 Å². The molecule has 3 rings (SSSR count). The number of rotatable bonds is 5. The molecule has 2 nitrogen and oxygen atoms in total. The second-order valence-corrected chi connectivity index (χ2v) is 6.22. The molecule has 2 atom stereocenters. The highest BCUT2D eigenvalue weighted by molar-refractivity contribution is 5.80. The number of nitrogens with one attached hydrogen (secondary N) is 1. The molecule has 2 heteroatoms. The van der Waals surface area contributed by atoms with Crippen LogP contribution in [0.4, 0.5) is 0 Å². The van der Waals surface area contributed by atoms with Gasteiger partial charge in [-0.2, -0.15) is 0 Å². The van der Waals surface area contributed by atoms with Crippen LogP contribution in [0.1, 0.15) is 31.0 Å². The first-order valence-corrected chi connectivity index (χ1v) is 7.98. The fourth-order valence-electron chi connectivity index (χ4n) is 3.14. The second-order valence-electron chi connectivity index (χ2n) is 6.22. The topological polar surface area (TPSA) is 17.0 Å². The molecular formula is C20H24N2. The van der Waals surface area contributed by atoms with E-state index in [2.05, 4.69) is 91.6 Å². The van der Waals surface area contributed by atoms with Gasteiger partial charge in [0.15, 0.2) is 0 Å².